The van der Waals surface area contributed by atoms with E-state index in [2.05, 4.69) is 5.32 Å². The van der Waals surface area contributed by atoms with Gasteiger partial charge in [-0.05, 0) is 30.2 Å². The molecule has 0 aromatic carbocycles. The van der Waals surface area contributed by atoms with Gasteiger partial charge in [-0.15, -0.1) is 11.3 Å². The third kappa shape index (κ3) is 3.84. The fraction of sp³-hybridized carbons (Fsp3) is 0.643. The van der Waals surface area contributed by atoms with Crippen molar-refractivity contribution < 1.29 is 13.2 Å². The van der Waals surface area contributed by atoms with E-state index in [0.717, 1.165) is 17.6 Å². The van der Waals surface area contributed by atoms with E-state index in [1.54, 1.807) is 11.3 Å². The van der Waals surface area contributed by atoms with Crippen LogP contribution in [0.3, 0.4) is 0 Å². The van der Waals surface area contributed by atoms with Gasteiger partial charge in [0.25, 0.3) is 0 Å². The van der Waals surface area contributed by atoms with Gasteiger partial charge in [0.05, 0.1) is 12.3 Å². The first-order valence-electron chi connectivity index (χ1n) is 7.11. The zero-order valence-corrected chi connectivity index (χ0v) is 14.2. The lowest BCUT2D eigenvalue weighted by atomic mass is 10.0. The Morgan fingerprint density at radius 3 is 2.71 bits per heavy atom. The van der Waals surface area contributed by atoms with Crippen molar-refractivity contribution >= 4 is 27.3 Å². The molecule has 0 saturated carbocycles. The molecule has 1 saturated heterocycles. The lowest BCUT2D eigenvalue weighted by Crippen LogP contribution is -2.47. The highest BCUT2D eigenvalue weighted by Gasteiger charge is 2.37. The molecule has 0 unspecified atom stereocenters. The minimum absolute atomic E-state index is 0.0699. The summed E-state index contributed by atoms with van der Waals surface area (Å²) in [6.07, 6.45) is 2.49. The van der Waals surface area contributed by atoms with E-state index in [1.807, 2.05) is 31.4 Å². The summed E-state index contributed by atoms with van der Waals surface area (Å²) in [7, 11) is -3.33. The van der Waals surface area contributed by atoms with Crippen LogP contribution in [0.15, 0.2) is 17.5 Å². The molecule has 0 spiro atoms. The van der Waals surface area contributed by atoms with Crippen molar-refractivity contribution in [3.05, 3.63) is 22.4 Å². The highest BCUT2D eigenvalue weighted by molar-refractivity contribution is 7.88. The maximum atomic E-state index is 12.5. The fourth-order valence-corrected chi connectivity index (χ4v) is 4.76. The molecule has 2 heterocycles. The van der Waals surface area contributed by atoms with Crippen LogP contribution in [-0.4, -0.2) is 37.5 Å². The molecule has 5 nitrogen and oxygen atoms in total. The molecule has 0 radical (unpaired) electrons. The lowest BCUT2D eigenvalue weighted by molar-refractivity contribution is -0.125. The number of amides is 1. The second-order valence-corrected chi connectivity index (χ2v) is 8.69. The number of nitrogens with one attached hydrogen (secondary N) is 1. The summed E-state index contributed by atoms with van der Waals surface area (Å²) >= 11 is 1.60. The van der Waals surface area contributed by atoms with Crippen LogP contribution in [-0.2, 0) is 14.8 Å². The number of nitrogens with zero attached hydrogens (tertiary/aromatic N) is 1. The monoisotopic (exact) mass is 330 g/mol. The van der Waals surface area contributed by atoms with Crippen molar-refractivity contribution in [2.75, 3.05) is 12.8 Å². The second-order valence-electron chi connectivity index (χ2n) is 5.78. The van der Waals surface area contributed by atoms with E-state index in [-0.39, 0.29) is 17.9 Å². The Bertz CT molecular complexity index is 581. The molecule has 0 aliphatic carbocycles. The molecule has 1 amide bonds. The molecule has 2 atom stereocenters. The topological polar surface area (TPSA) is 66.5 Å². The van der Waals surface area contributed by atoms with Gasteiger partial charge < -0.3 is 5.32 Å². The van der Waals surface area contributed by atoms with Crippen LogP contribution < -0.4 is 5.32 Å². The zero-order chi connectivity index (χ0) is 15.6. The largest absolute Gasteiger partial charge is 0.347 e. The van der Waals surface area contributed by atoms with Crippen molar-refractivity contribution in [2.45, 2.75) is 38.8 Å². The van der Waals surface area contributed by atoms with Crippen LogP contribution >= 0.6 is 11.3 Å². The Morgan fingerprint density at radius 1 is 1.48 bits per heavy atom. The summed E-state index contributed by atoms with van der Waals surface area (Å²) < 4.78 is 24.8. The van der Waals surface area contributed by atoms with Crippen molar-refractivity contribution in [2.24, 2.45) is 5.92 Å². The first-order valence-corrected chi connectivity index (χ1v) is 9.84. The van der Waals surface area contributed by atoms with E-state index in [9.17, 15) is 13.2 Å². The van der Waals surface area contributed by atoms with E-state index < -0.39 is 16.1 Å². The Kier molecular flexibility index (Phi) is 5.06. The summed E-state index contributed by atoms with van der Waals surface area (Å²) in [4.78, 5) is 13.6. The molecular formula is C14H22N2O3S2. The quantitative estimate of drug-likeness (QED) is 0.898. The van der Waals surface area contributed by atoms with Crippen LogP contribution in [0.25, 0.3) is 0 Å². The van der Waals surface area contributed by atoms with Crippen LogP contribution in [0.2, 0.25) is 0 Å². The predicted octanol–water partition coefficient (Wildman–Crippen LogP) is 1.99. The number of hydrogen-bond acceptors (Lipinski definition) is 4. The Hall–Kier alpha value is -0.920. The second kappa shape index (κ2) is 6.46. The summed E-state index contributed by atoms with van der Waals surface area (Å²) in [5.74, 6) is 0.0608. The molecule has 21 heavy (non-hydrogen) atoms. The van der Waals surface area contributed by atoms with Crippen molar-refractivity contribution in [1.82, 2.24) is 9.62 Å². The van der Waals surface area contributed by atoms with E-state index >= 15 is 0 Å². The Morgan fingerprint density at radius 2 is 2.19 bits per heavy atom. The van der Waals surface area contributed by atoms with Crippen molar-refractivity contribution in [3.63, 3.8) is 0 Å². The van der Waals surface area contributed by atoms with Crippen molar-refractivity contribution in [1.29, 1.82) is 0 Å². The van der Waals surface area contributed by atoms with E-state index in [1.165, 1.54) is 4.31 Å². The third-order valence-electron chi connectivity index (χ3n) is 3.75. The Balaban J connectivity index is 2.12. The molecule has 1 N–H and O–H groups in total. The summed E-state index contributed by atoms with van der Waals surface area (Å²) in [5, 5.41) is 5.01. The highest BCUT2D eigenvalue weighted by atomic mass is 32.2. The minimum atomic E-state index is -3.33. The van der Waals surface area contributed by atoms with E-state index in [0.29, 0.717) is 13.0 Å². The van der Waals surface area contributed by atoms with Gasteiger partial charge in [-0.25, -0.2) is 8.42 Å². The van der Waals surface area contributed by atoms with E-state index in [4.69, 9.17) is 0 Å². The standard InChI is InChI=1S/C14H22N2O3S2/c1-10(2)13(12-7-5-9-20-12)15-14(17)11-6-4-8-16(11)21(3,18)19/h5,7,9-11,13H,4,6,8H2,1-3H3,(H,15,17)/t11-,13+/m1/s1. The summed E-state index contributed by atoms with van der Waals surface area (Å²) in [5.41, 5.74) is 0. The normalized spacial score (nSPS) is 21.6. The maximum Gasteiger partial charge on any atom is 0.238 e. The van der Waals surface area contributed by atoms with Crippen LogP contribution in [0.4, 0.5) is 0 Å². The molecule has 7 heteroatoms. The average Bonchev–Trinajstić information content (AvgIpc) is 3.04. The first-order chi connectivity index (χ1) is 9.80. The minimum Gasteiger partial charge on any atom is -0.347 e. The molecule has 1 aromatic heterocycles. The van der Waals surface area contributed by atoms with Gasteiger partial charge in [-0.1, -0.05) is 19.9 Å². The number of carbonyl (C=O) groups excluding carboxylic acids is 1. The van der Waals surface area contributed by atoms with Crippen LogP contribution in [0.1, 0.15) is 37.6 Å². The molecule has 118 valence electrons. The Labute approximate surface area is 130 Å². The number of thiophene rings is 1. The molecule has 0 bridgehead atoms. The number of hydrogen-bond donors (Lipinski definition) is 1. The van der Waals surface area contributed by atoms with Crippen molar-refractivity contribution in [3.8, 4) is 0 Å². The molecule has 1 aromatic rings. The maximum absolute atomic E-state index is 12.5. The van der Waals surface area contributed by atoms with Gasteiger partial charge in [0, 0.05) is 11.4 Å². The van der Waals surface area contributed by atoms with Gasteiger partial charge in [0.1, 0.15) is 6.04 Å². The first kappa shape index (κ1) is 16.5. The summed E-state index contributed by atoms with van der Waals surface area (Å²) in [6.45, 7) is 4.53. The fourth-order valence-electron chi connectivity index (χ4n) is 2.68. The lowest BCUT2D eigenvalue weighted by Gasteiger charge is -2.26. The highest BCUT2D eigenvalue weighted by Crippen LogP contribution is 2.27. The van der Waals surface area contributed by atoms with Gasteiger partial charge in [-0.2, -0.15) is 4.31 Å². The number of rotatable bonds is 5. The summed E-state index contributed by atoms with van der Waals surface area (Å²) in [6, 6.07) is 3.32. The molecule has 1 aliphatic rings. The SMILES string of the molecule is CC(C)[C@H](NC(=O)[C@H]1CCCN1S(C)(=O)=O)c1cccs1. The van der Waals surface area contributed by atoms with Crippen LogP contribution in [0, 0.1) is 5.92 Å². The molecule has 1 fully saturated rings. The predicted molar refractivity (Wildman–Crippen MR) is 84.6 cm³/mol. The van der Waals surface area contributed by atoms with Crippen LogP contribution in [0.5, 0.6) is 0 Å². The van der Waals surface area contributed by atoms with Gasteiger partial charge in [0.2, 0.25) is 15.9 Å². The molecular weight excluding hydrogens is 308 g/mol. The smallest absolute Gasteiger partial charge is 0.238 e. The van der Waals surface area contributed by atoms with Gasteiger partial charge in [0.15, 0.2) is 0 Å². The van der Waals surface area contributed by atoms with Gasteiger partial charge >= 0.3 is 0 Å². The third-order valence-corrected chi connectivity index (χ3v) is 5.99. The molecule has 1 aliphatic heterocycles. The molecule has 2 rings (SSSR count). The number of carbonyl (C=O) groups is 1. The zero-order valence-electron chi connectivity index (χ0n) is 12.6. The number of sulfonamides is 1. The van der Waals surface area contributed by atoms with Gasteiger partial charge in [-0.3, -0.25) is 4.79 Å². The average molecular weight is 330 g/mol.